The summed E-state index contributed by atoms with van der Waals surface area (Å²) in [5, 5.41) is 17.3. The second-order valence-electron chi connectivity index (χ2n) is 8.39. The number of alkyl halides is 1. The summed E-state index contributed by atoms with van der Waals surface area (Å²) < 4.78 is 22.7. The molecule has 2 aromatic heterocycles. The van der Waals surface area contributed by atoms with Crippen LogP contribution in [0.2, 0.25) is 0 Å². The molecule has 2 aromatic rings. The molecule has 1 saturated heterocycles. The van der Waals surface area contributed by atoms with Gasteiger partial charge in [0.05, 0.1) is 12.2 Å². The van der Waals surface area contributed by atoms with Crippen LogP contribution in [0.15, 0.2) is 18.5 Å². The fourth-order valence-corrected chi connectivity index (χ4v) is 3.71. The maximum atomic E-state index is 15.4. The average molecular weight is 420 g/mol. The molecule has 1 unspecified atom stereocenters. The van der Waals surface area contributed by atoms with Crippen LogP contribution in [-0.2, 0) is 7.05 Å². The molecule has 0 bridgehead atoms. The number of pyridine rings is 1. The summed E-state index contributed by atoms with van der Waals surface area (Å²) in [5.74, 6) is -0.881. The van der Waals surface area contributed by atoms with Crippen LogP contribution in [0, 0.1) is 5.41 Å². The second kappa shape index (κ2) is 7.88. The number of rotatable bonds is 4. The normalized spacial score (nSPS) is 22.0. The number of piperidine rings is 1. The molecule has 30 heavy (non-hydrogen) atoms. The quantitative estimate of drug-likeness (QED) is 0.770. The zero-order chi connectivity index (χ0) is 22.2. The molecule has 1 aliphatic heterocycles. The molecular weight excluding hydrogens is 395 g/mol. The molecule has 3 rings (SSSR count). The van der Waals surface area contributed by atoms with Crippen LogP contribution in [0.1, 0.15) is 37.6 Å². The number of likely N-dealkylation sites (tertiary alicyclic amines) is 1. The number of primary amides is 1. The predicted octanol–water partition coefficient (Wildman–Crippen LogP) is 1.86. The molecule has 3 N–H and O–H groups in total. The summed E-state index contributed by atoms with van der Waals surface area (Å²) >= 11 is 0. The summed E-state index contributed by atoms with van der Waals surface area (Å²) in [7, 11) is 1.70. The number of nitrogens with zero attached hydrogens (tertiary/aromatic N) is 5. The lowest BCUT2D eigenvalue weighted by Gasteiger charge is -2.46. The van der Waals surface area contributed by atoms with Crippen molar-refractivity contribution in [1.82, 2.24) is 24.9 Å². The topological polar surface area (TPSA) is 136 Å². The van der Waals surface area contributed by atoms with Gasteiger partial charge >= 0.3 is 6.09 Å². The van der Waals surface area contributed by atoms with Gasteiger partial charge in [0, 0.05) is 31.8 Å². The minimum Gasteiger partial charge on any atom is -0.471 e. The van der Waals surface area contributed by atoms with Crippen molar-refractivity contribution in [3.05, 3.63) is 24.0 Å². The highest BCUT2D eigenvalue weighted by Gasteiger charge is 2.47. The molecule has 3 heterocycles. The standard InChI is InChI=1S/C19H25FN6O4/c1-19(2,3)15-14(20)13(5-6-26(15)18(28)29)30-17-11(16(21)27)7-10(8-22-17)12-9-25(4)24-23-12/h7-9,13-15H,5-6H2,1-4H3,(H2,21,27)(H,28,29)/t13-,14-,15?/m1/s1. The molecular formula is C19H25FN6O4. The molecule has 1 aliphatic rings. The SMILES string of the molecule is Cn1cc(-c2cnc(O[C@@H]3CCN(C(=O)O)C(C(C)(C)C)[C@@H]3F)c(C(N)=O)c2)nn1. The third-order valence-corrected chi connectivity index (χ3v) is 5.06. The van der Waals surface area contributed by atoms with E-state index in [1.807, 2.05) is 0 Å². The summed E-state index contributed by atoms with van der Waals surface area (Å²) in [4.78, 5) is 28.8. The van der Waals surface area contributed by atoms with Crippen molar-refractivity contribution < 1.29 is 23.8 Å². The fraction of sp³-hybridized carbons (Fsp3) is 0.526. The number of ether oxygens (including phenoxy) is 1. The Labute approximate surface area is 172 Å². The molecule has 0 radical (unpaired) electrons. The summed E-state index contributed by atoms with van der Waals surface area (Å²) in [6.07, 6.45) is -0.566. The van der Waals surface area contributed by atoms with E-state index in [2.05, 4.69) is 15.3 Å². The number of halogens is 1. The molecule has 0 aliphatic carbocycles. The fourth-order valence-electron chi connectivity index (χ4n) is 3.71. The third kappa shape index (κ3) is 4.19. The van der Waals surface area contributed by atoms with Gasteiger partial charge in [-0.05, 0) is 11.5 Å². The van der Waals surface area contributed by atoms with E-state index in [0.717, 1.165) is 4.90 Å². The molecule has 1 fully saturated rings. The van der Waals surface area contributed by atoms with Crippen molar-refractivity contribution in [3.8, 4) is 17.1 Å². The Morgan fingerprint density at radius 2 is 2.07 bits per heavy atom. The summed E-state index contributed by atoms with van der Waals surface area (Å²) in [6, 6.07) is 0.555. The van der Waals surface area contributed by atoms with Gasteiger partial charge in [-0.25, -0.2) is 14.2 Å². The maximum Gasteiger partial charge on any atom is 0.407 e. The number of amides is 2. The van der Waals surface area contributed by atoms with Crippen LogP contribution < -0.4 is 10.5 Å². The molecule has 0 spiro atoms. The molecule has 10 nitrogen and oxygen atoms in total. The van der Waals surface area contributed by atoms with Gasteiger partial charge in [0.1, 0.15) is 17.4 Å². The third-order valence-electron chi connectivity index (χ3n) is 5.06. The molecule has 0 aromatic carbocycles. The highest BCUT2D eigenvalue weighted by atomic mass is 19.1. The van der Waals surface area contributed by atoms with E-state index in [1.165, 1.54) is 16.9 Å². The largest absolute Gasteiger partial charge is 0.471 e. The lowest BCUT2D eigenvalue weighted by molar-refractivity contribution is -0.0526. The Morgan fingerprint density at radius 1 is 1.37 bits per heavy atom. The van der Waals surface area contributed by atoms with Crippen LogP contribution in [-0.4, -0.2) is 66.8 Å². The van der Waals surface area contributed by atoms with Gasteiger partial charge < -0.3 is 20.5 Å². The molecule has 11 heteroatoms. The van der Waals surface area contributed by atoms with E-state index in [0.29, 0.717) is 11.3 Å². The predicted molar refractivity (Wildman–Crippen MR) is 105 cm³/mol. The number of aryl methyl sites for hydroxylation is 1. The Morgan fingerprint density at radius 3 is 2.60 bits per heavy atom. The van der Waals surface area contributed by atoms with Crippen LogP contribution in [0.25, 0.3) is 11.3 Å². The first-order chi connectivity index (χ1) is 14.0. The Bertz CT molecular complexity index is 957. The van der Waals surface area contributed by atoms with Gasteiger partial charge in [-0.15, -0.1) is 5.10 Å². The van der Waals surface area contributed by atoms with Gasteiger partial charge in [-0.1, -0.05) is 26.0 Å². The van der Waals surface area contributed by atoms with E-state index < -0.39 is 35.7 Å². The lowest BCUT2D eigenvalue weighted by Crippen LogP contribution is -2.60. The number of hydrogen-bond acceptors (Lipinski definition) is 6. The first-order valence-electron chi connectivity index (χ1n) is 9.46. The number of carbonyl (C=O) groups excluding carboxylic acids is 1. The minimum atomic E-state index is -1.61. The molecule has 2 amide bonds. The highest BCUT2D eigenvalue weighted by molar-refractivity contribution is 5.96. The highest BCUT2D eigenvalue weighted by Crippen LogP contribution is 2.36. The smallest absolute Gasteiger partial charge is 0.407 e. The van der Waals surface area contributed by atoms with Crippen LogP contribution in [0.3, 0.4) is 0 Å². The average Bonchev–Trinajstić information content (AvgIpc) is 3.08. The van der Waals surface area contributed by atoms with Crippen LogP contribution in [0.5, 0.6) is 5.88 Å². The van der Waals surface area contributed by atoms with Gasteiger partial charge in [-0.2, -0.15) is 0 Å². The van der Waals surface area contributed by atoms with E-state index in [9.17, 15) is 14.7 Å². The zero-order valence-electron chi connectivity index (χ0n) is 17.2. The number of nitrogens with two attached hydrogens (primary N) is 1. The molecule has 3 atom stereocenters. The van der Waals surface area contributed by atoms with E-state index in [4.69, 9.17) is 10.5 Å². The minimum absolute atomic E-state index is 0.0154. The zero-order valence-corrected chi connectivity index (χ0v) is 17.2. The number of carboxylic acid groups (broad SMARTS) is 1. The van der Waals surface area contributed by atoms with E-state index in [1.54, 1.807) is 34.0 Å². The van der Waals surface area contributed by atoms with Gasteiger partial charge in [0.2, 0.25) is 5.88 Å². The monoisotopic (exact) mass is 420 g/mol. The Kier molecular flexibility index (Phi) is 5.64. The van der Waals surface area contributed by atoms with Gasteiger partial charge in [0.25, 0.3) is 5.91 Å². The second-order valence-corrected chi connectivity index (χ2v) is 8.39. The Hall–Kier alpha value is -3.24. The van der Waals surface area contributed by atoms with Crippen molar-refractivity contribution in [3.63, 3.8) is 0 Å². The van der Waals surface area contributed by atoms with E-state index in [-0.39, 0.29) is 24.4 Å². The van der Waals surface area contributed by atoms with Gasteiger partial charge in [-0.3, -0.25) is 9.48 Å². The number of aromatic nitrogens is 4. The maximum absolute atomic E-state index is 15.4. The van der Waals surface area contributed by atoms with Crippen molar-refractivity contribution in [2.75, 3.05) is 6.54 Å². The van der Waals surface area contributed by atoms with Crippen LogP contribution >= 0.6 is 0 Å². The van der Waals surface area contributed by atoms with E-state index >= 15 is 4.39 Å². The van der Waals surface area contributed by atoms with Crippen molar-refractivity contribution >= 4 is 12.0 Å². The van der Waals surface area contributed by atoms with Crippen molar-refractivity contribution in [2.24, 2.45) is 18.2 Å². The Balaban J connectivity index is 1.90. The summed E-state index contributed by atoms with van der Waals surface area (Å²) in [6.45, 7) is 5.41. The first-order valence-corrected chi connectivity index (χ1v) is 9.46. The summed E-state index contributed by atoms with van der Waals surface area (Å²) in [5.41, 5.74) is 5.81. The lowest BCUT2D eigenvalue weighted by atomic mass is 9.78. The number of hydrogen-bond donors (Lipinski definition) is 2. The van der Waals surface area contributed by atoms with Gasteiger partial charge in [0.15, 0.2) is 6.17 Å². The van der Waals surface area contributed by atoms with Crippen molar-refractivity contribution in [1.29, 1.82) is 0 Å². The van der Waals surface area contributed by atoms with Crippen LogP contribution in [0.4, 0.5) is 9.18 Å². The first kappa shape index (κ1) is 21.5. The van der Waals surface area contributed by atoms with Crippen molar-refractivity contribution in [2.45, 2.75) is 45.5 Å². The molecule has 162 valence electrons. The molecule has 0 saturated carbocycles. The number of carbonyl (C=O) groups is 2.